The van der Waals surface area contributed by atoms with Gasteiger partial charge in [0.05, 0.1) is 30.5 Å². The molecular weight excluding hydrogens is 292 g/mol. The van der Waals surface area contributed by atoms with Crippen LogP contribution in [0.4, 0.5) is 8.78 Å². The molecule has 0 aromatic heterocycles. The van der Waals surface area contributed by atoms with Gasteiger partial charge in [0.25, 0.3) is 0 Å². The number of carbonyl (C=O) groups excluding carboxylic acids is 1. The minimum atomic E-state index is -3.04. The van der Waals surface area contributed by atoms with Crippen molar-refractivity contribution in [3.63, 3.8) is 0 Å². The predicted molar refractivity (Wildman–Crippen MR) is 67.7 cm³/mol. The van der Waals surface area contributed by atoms with Gasteiger partial charge in [0, 0.05) is 5.56 Å². The van der Waals surface area contributed by atoms with E-state index < -0.39 is 12.6 Å². The predicted octanol–water partition coefficient (Wildman–Crippen LogP) is 3.00. The first-order chi connectivity index (χ1) is 9.51. The van der Waals surface area contributed by atoms with Gasteiger partial charge in [0.2, 0.25) is 0 Å². The van der Waals surface area contributed by atoms with Gasteiger partial charge >= 0.3 is 12.6 Å². The molecule has 1 rings (SSSR count). The van der Waals surface area contributed by atoms with Gasteiger partial charge in [-0.1, -0.05) is 0 Å². The van der Waals surface area contributed by atoms with Crippen LogP contribution in [0.2, 0.25) is 0 Å². The van der Waals surface area contributed by atoms with E-state index in [1.54, 1.807) is 6.92 Å². The zero-order valence-electron chi connectivity index (χ0n) is 10.7. The zero-order chi connectivity index (χ0) is 15.1. The minimum absolute atomic E-state index is 0.0949. The monoisotopic (exact) mass is 303 g/mol. The van der Waals surface area contributed by atoms with Crippen LogP contribution in [-0.4, -0.2) is 19.2 Å². The van der Waals surface area contributed by atoms with Crippen LogP contribution in [0.15, 0.2) is 12.1 Å². The summed E-state index contributed by atoms with van der Waals surface area (Å²) < 4.78 is 33.8. The fourth-order valence-corrected chi connectivity index (χ4v) is 1.90. The minimum Gasteiger partial charge on any atom is -0.466 e. The highest BCUT2D eigenvalue weighted by Crippen LogP contribution is 2.28. The molecule has 0 aliphatic rings. The molecule has 0 aliphatic heterocycles. The van der Waals surface area contributed by atoms with Crippen LogP contribution in [0, 0.1) is 11.3 Å². The lowest BCUT2D eigenvalue weighted by molar-refractivity contribution is -0.142. The lowest BCUT2D eigenvalue weighted by Crippen LogP contribution is -2.10. The topological polar surface area (TPSA) is 59.3 Å². The highest BCUT2D eigenvalue weighted by atomic mass is 35.5. The van der Waals surface area contributed by atoms with Gasteiger partial charge in [0.1, 0.15) is 5.75 Å². The van der Waals surface area contributed by atoms with E-state index in [4.69, 9.17) is 21.6 Å². The highest BCUT2D eigenvalue weighted by molar-refractivity contribution is 6.17. The molecule has 0 fully saturated rings. The van der Waals surface area contributed by atoms with E-state index in [9.17, 15) is 13.6 Å². The standard InChI is InChI=1S/C13H12ClF2NO3/c1-2-19-12(18)5-8-3-9(7-17)10(6-14)11(4-8)20-13(15)16/h3-4,13H,2,5-6H2,1H3. The average molecular weight is 304 g/mol. The summed E-state index contributed by atoms with van der Waals surface area (Å²) in [5.41, 5.74) is 0.615. The van der Waals surface area contributed by atoms with Gasteiger partial charge in [-0.2, -0.15) is 14.0 Å². The molecule has 0 unspecified atom stereocenters. The highest BCUT2D eigenvalue weighted by Gasteiger charge is 2.16. The molecule has 1 aromatic rings. The third kappa shape index (κ3) is 4.35. The molecule has 0 bridgehead atoms. The van der Waals surface area contributed by atoms with Gasteiger partial charge < -0.3 is 9.47 Å². The van der Waals surface area contributed by atoms with E-state index in [1.807, 2.05) is 6.07 Å². The Morgan fingerprint density at radius 2 is 2.20 bits per heavy atom. The third-order valence-electron chi connectivity index (χ3n) is 2.39. The molecule has 0 heterocycles. The van der Waals surface area contributed by atoms with Crippen LogP contribution in [-0.2, 0) is 21.8 Å². The van der Waals surface area contributed by atoms with E-state index in [0.717, 1.165) is 0 Å². The summed E-state index contributed by atoms with van der Waals surface area (Å²) in [6.07, 6.45) is -0.134. The van der Waals surface area contributed by atoms with Crippen LogP contribution in [0.5, 0.6) is 5.75 Å². The second-order valence-electron chi connectivity index (χ2n) is 3.73. The van der Waals surface area contributed by atoms with Crippen LogP contribution in [0.25, 0.3) is 0 Å². The molecule has 7 heteroatoms. The SMILES string of the molecule is CCOC(=O)Cc1cc(C#N)c(CCl)c(OC(F)F)c1. The maximum Gasteiger partial charge on any atom is 0.387 e. The number of alkyl halides is 3. The van der Waals surface area contributed by atoms with Gasteiger partial charge in [-0.3, -0.25) is 4.79 Å². The summed E-state index contributed by atoms with van der Waals surface area (Å²) in [4.78, 5) is 11.4. The molecule has 0 N–H and O–H groups in total. The van der Waals surface area contributed by atoms with Crippen LogP contribution >= 0.6 is 11.6 Å². The van der Waals surface area contributed by atoms with Crippen molar-refractivity contribution >= 4 is 17.6 Å². The van der Waals surface area contributed by atoms with E-state index in [1.165, 1.54) is 12.1 Å². The summed E-state index contributed by atoms with van der Waals surface area (Å²) in [6.45, 7) is -1.17. The van der Waals surface area contributed by atoms with Crippen LogP contribution < -0.4 is 4.74 Å². The molecule has 20 heavy (non-hydrogen) atoms. The van der Waals surface area contributed by atoms with Crippen molar-refractivity contribution in [1.29, 1.82) is 5.26 Å². The van der Waals surface area contributed by atoms with Crippen molar-refractivity contribution in [2.24, 2.45) is 0 Å². The van der Waals surface area contributed by atoms with Crippen molar-refractivity contribution in [3.05, 3.63) is 28.8 Å². The number of benzene rings is 1. The molecule has 0 radical (unpaired) electrons. The second kappa shape index (κ2) is 7.65. The number of ether oxygens (including phenoxy) is 2. The Kier molecular flexibility index (Phi) is 6.19. The normalized spacial score (nSPS) is 10.2. The van der Waals surface area contributed by atoms with Crippen molar-refractivity contribution < 1.29 is 23.0 Å². The van der Waals surface area contributed by atoms with Crippen molar-refractivity contribution in [2.75, 3.05) is 6.61 Å². The molecule has 0 atom stereocenters. The second-order valence-corrected chi connectivity index (χ2v) is 3.99. The molecule has 0 saturated heterocycles. The number of halogens is 3. The molecule has 0 spiro atoms. The molecule has 0 aliphatic carbocycles. The Morgan fingerprint density at radius 3 is 2.70 bits per heavy atom. The fraction of sp³-hybridized carbons (Fsp3) is 0.385. The summed E-state index contributed by atoms with van der Waals surface area (Å²) in [5, 5.41) is 9.00. The number of hydrogen-bond acceptors (Lipinski definition) is 4. The van der Waals surface area contributed by atoms with Crippen molar-refractivity contribution in [1.82, 2.24) is 0 Å². The number of hydrogen-bond donors (Lipinski definition) is 0. The molecule has 0 saturated carbocycles. The molecule has 0 amide bonds. The summed E-state index contributed by atoms with van der Waals surface area (Å²) >= 11 is 5.64. The summed E-state index contributed by atoms with van der Waals surface area (Å²) in [7, 11) is 0. The quantitative estimate of drug-likeness (QED) is 0.599. The molecule has 4 nitrogen and oxygen atoms in total. The third-order valence-corrected chi connectivity index (χ3v) is 2.66. The summed E-state index contributed by atoms with van der Waals surface area (Å²) in [6, 6.07) is 4.52. The first-order valence-corrected chi connectivity index (χ1v) is 6.27. The van der Waals surface area contributed by atoms with Gasteiger partial charge in [0.15, 0.2) is 0 Å². The number of carbonyl (C=O) groups is 1. The Morgan fingerprint density at radius 1 is 1.50 bits per heavy atom. The smallest absolute Gasteiger partial charge is 0.387 e. The summed E-state index contributed by atoms with van der Waals surface area (Å²) in [5.74, 6) is -0.865. The number of esters is 1. The molecule has 108 valence electrons. The van der Waals surface area contributed by atoms with Gasteiger partial charge in [-0.15, -0.1) is 11.6 Å². The Bertz CT molecular complexity index is 529. The molecular formula is C13H12ClF2NO3. The average Bonchev–Trinajstić information content (AvgIpc) is 2.37. The first-order valence-electron chi connectivity index (χ1n) is 5.74. The van der Waals surface area contributed by atoms with Gasteiger partial charge in [-0.05, 0) is 24.6 Å². The maximum absolute atomic E-state index is 12.3. The van der Waals surface area contributed by atoms with E-state index in [0.29, 0.717) is 5.56 Å². The van der Waals surface area contributed by atoms with Crippen LogP contribution in [0.1, 0.15) is 23.6 Å². The maximum atomic E-state index is 12.3. The Labute approximate surface area is 119 Å². The molecule has 1 aromatic carbocycles. The van der Waals surface area contributed by atoms with E-state index >= 15 is 0 Å². The lowest BCUT2D eigenvalue weighted by atomic mass is 10.0. The van der Waals surface area contributed by atoms with E-state index in [2.05, 4.69) is 4.74 Å². The zero-order valence-corrected chi connectivity index (χ0v) is 11.4. The van der Waals surface area contributed by atoms with Crippen molar-refractivity contribution in [3.8, 4) is 11.8 Å². The number of nitrogens with zero attached hydrogens (tertiary/aromatic N) is 1. The number of rotatable bonds is 6. The fourth-order valence-electron chi connectivity index (χ4n) is 1.62. The van der Waals surface area contributed by atoms with E-state index in [-0.39, 0.29) is 35.8 Å². The Balaban J connectivity index is 3.14. The van der Waals surface area contributed by atoms with Crippen LogP contribution in [0.3, 0.4) is 0 Å². The largest absolute Gasteiger partial charge is 0.466 e. The van der Waals surface area contributed by atoms with Crippen molar-refractivity contribution in [2.45, 2.75) is 25.8 Å². The lowest BCUT2D eigenvalue weighted by Gasteiger charge is -2.12. The first kappa shape index (κ1) is 16.2. The van der Waals surface area contributed by atoms with Gasteiger partial charge in [-0.25, -0.2) is 0 Å². The number of nitriles is 1. The Hall–Kier alpha value is -1.87.